The summed E-state index contributed by atoms with van der Waals surface area (Å²) in [6.45, 7) is 2.00. The van der Waals surface area contributed by atoms with Gasteiger partial charge in [-0.25, -0.2) is 0 Å². The maximum atomic E-state index is 12.7. The summed E-state index contributed by atoms with van der Waals surface area (Å²) in [4.78, 5) is 12.7. The summed E-state index contributed by atoms with van der Waals surface area (Å²) in [5.41, 5.74) is 2.18. The molecule has 2 aromatic carbocycles. The van der Waals surface area contributed by atoms with Crippen LogP contribution in [0, 0.1) is 3.57 Å². The van der Waals surface area contributed by atoms with Gasteiger partial charge >= 0.3 is 0 Å². The zero-order valence-corrected chi connectivity index (χ0v) is 13.2. The van der Waals surface area contributed by atoms with Crippen LogP contribution in [0.3, 0.4) is 0 Å². The van der Waals surface area contributed by atoms with E-state index in [0.29, 0.717) is 17.5 Å². The van der Waals surface area contributed by atoms with Gasteiger partial charge in [-0.05, 0) is 52.9 Å². The van der Waals surface area contributed by atoms with E-state index >= 15 is 0 Å². The molecular weight excluding hydrogens is 363 g/mol. The smallest absolute Gasteiger partial charge is 0.197 e. The van der Waals surface area contributed by atoms with E-state index in [1.165, 1.54) is 0 Å². The van der Waals surface area contributed by atoms with Crippen LogP contribution in [-0.4, -0.2) is 5.78 Å². The van der Waals surface area contributed by atoms with Gasteiger partial charge in [0, 0.05) is 20.9 Å². The average molecular weight is 376 g/mol. The topological polar surface area (TPSA) is 30.2 Å². The zero-order valence-electron chi connectivity index (χ0n) is 11.0. The highest BCUT2D eigenvalue weighted by Gasteiger charge is 2.20. The van der Waals surface area contributed by atoms with Gasteiger partial charge in [0.1, 0.15) is 11.3 Å². The third-order valence-electron chi connectivity index (χ3n) is 3.32. The number of fused-ring (bicyclic) bond motifs is 1. The molecule has 3 rings (SSSR count). The zero-order chi connectivity index (χ0) is 14.1. The largest absolute Gasteiger partial charge is 0.460 e. The molecule has 0 spiro atoms. The van der Waals surface area contributed by atoms with Crippen LogP contribution in [0.15, 0.2) is 52.9 Å². The molecule has 0 N–H and O–H groups in total. The summed E-state index contributed by atoms with van der Waals surface area (Å²) in [7, 11) is 0. The van der Waals surface area contributed by atoms with Gasteiger partial charge in [0.25, 0.3) is 0 Å². The summed E-state index contributed by atoms with van der Waals surface area (Å²) in [5.74, 6) is 0.790. The molecule has 0 fully saturated rings. The molecule has 100 valence electrons. The van der Waals surface area contributed by atoms with E-state index in [-0.39, 0.29) is 5.78 Å². The molecule has 0 bridgehead atoms. The Bertz CT molecular complexity index is 769. The number of para-hydroxylation sites is 1. The number of benzene rings is 2. The van der Waals surface area contributed by atoms with Crippen molar-refractivity contribution >= 4 is 39.3 Å². The normalized spacial score (nSPS) is 10.9. The van der Waals surface area contributed by atoms with E-state index in [1.807, 2.05) is 55.5 Å². The van der Waals surface area contributed by atoms with E-state index in [0.717, 1.165) is 20.3 Å². The lowest BCUT2D eigenvalue weighted by molar-refractivity contribution is 0.103. The maximum Gasteiger partial charge on any atom is 0.197 e. The number of halogens is 1. The predicted molar refractivity (Wildman–Crippen MR) is 88.2 cm³/mol. The second-order valence-corrected chi connectivity index (χ2v) is 5.83. The molecule has 1 heterocycles. The Morgan fingerprint density at radius 1 is 1.10 bits per heavy atom. The molecule has 0 aliphatic heterocycles. The molecule has 3 heteroatoms. The fraction of sp³-hybridized carbons (Fsp3) is 0.118. The van der Waals surface area contributed by atoms with E-state index in [9.17, 15) is 4.79 Å². The van der Waals surface area contributed by atoms with E-state index in [2.05, 4.69) is 22.6 Å². The monoisotopic (exact) mass is 376 g/mol. The van der Waals surface area contributed by atoms with Gasteiger partial charge in [-0.2, -0.15) is 0 Å². The van der Waals surface area contributed by atoms with Crippen molar-refractivity contribution in [1.29, 1.82) is 0 Å². The predicted octanol–water partition coefficient (Wildman–Crippen LogP) is 4.83. The second kappa shape index (κ2) is 5.40. The molecule has 0 saturated carbocycles. The Labute approximate surface area is 130 Å². The number of ketones is 1. The minimum atomic E-state index is 0.0307. The Morgan fingerprint density at radius 3 is 2.50 bits per heavy atom. The average Bonchev–Trinajstić information content (AvgIpc) is 2.85. The SMILES string of the molecule is CCc1oc2ccccc2c1C(=O)c1ccc(I)cc1. The lowest BCUT2D eigenvalue weighted by atomic mass is 9.99. The molecule has 0 atom stereocenters. The maximum absolute atomic E-state index is 12.7. The van der Waals surface area contributed by atoms with Crippen LogP contribution in [0.1, 0.15) is 28.6 Å². The lowest BCUT2D eigenvalue weighted by Gasteiger charge is -2.02. The molecule has 0 saturated heterocycles. The molecular formula is C17H13IO2. The van der Waals surface area contributed by atoms with Crippen molar-refractivity contribution in [3.63, 3.8) is 0 Å². The Morgan fingerprint density at radius 2 is 1.80 bits per heavy atom. The van der Waals surface area contributed by atoms with Crippen molar-refractivity contribution < 1.29 is 9.21 Å². The van der Waals surface area contributed by atoms with Crippen LogP contribution in [0.5, 0.6) is 0 Å². The van der Waals surface area contributed by atoms with Crippen molar-refractivity contribution in [2.75, 3.05) is 0 Å². The third kappa shape index (κ3) is 2.26. The van der Waals surface area contributed by atoms with Gasteiger partial charge in [0.15, 0.2) is 5.78 Å². The van der Waals surface area contributed by atoms with E-state index in [1.54, 1.807) is 0 Å². The van der Waals surface area contributed by atoms with Crippen molar-refractivity contribution in [1.82, 2.24) is 0 Å². The van der Waals surface area contributed by atoms with E-state index < -0.39 is 0 Å². The molecule has 0 radical (unpaired) electrons. The first-order chi connectivity index (χ1) is 9.70. The number of hydrogen-bond acceptors (Lipinski definition) is 2. The van der Waals surface area contributed by atoms with Gasteiger partial charge in [0.05, 0.1) is 5.56 Å². The van der Waals surface area contributed by atoms with E-state index in [4.69, 9.17) is 4.42 Å². The van der Waals surface area contributed by atoms with Crippen molar-refractivity contribution in [3.05, 3.63) is 69.0 Å². The van der Waals surface area contributed by atoms with Gasteiger partial charge in [0.2, 0.25) is 0 Å². The van der Waals surface area contributed by atoms with Crippen molar-refractivity contribution in [2.24, 2.45) is 0 Å². The summed E-state index contributed by atoms with van der Waals surface area (Å²) in [5, 5.41) is 0.896. The molecule has 0 amide bonds. The second-order valence-electron chi connectivity index (χ2n) is 4.59. The molecule has 3 aromatic rings. The third-order valence-corrected chi connectivity index (χ3v) is 4.04. The summed E-state index contributed by atoms with van der Waals surface area (Å²) >= 11 is 2.23. The first-order valence-electron chi connectivity index (χ1n) is 6.51. The minimum absolute atomic E-state index is 0.0307. The number of carbonyl (C=O) groups excluding carboxylic acids is 1. The molecule has 2 nitrogen and oxygen atoms in total. The van der Waals surface area contributed by atoms with Gasteiger partial charge in [-0.3, -0.25) is 4.79 Å². The Balaban J connectivity index is 2.17. The van der Waals surface area contributed by atoms with Crippen LogP contribution in [0.4, 0.5) is 0 Å². The van der Waals surface area contributed by atoms with Crippen LogP contribution in [0.25, 0.3) is 11.0 Å². The fourth-order valence-electron chi connectivity index (χ4n) is 2.34. The highest BCUT2D eigenvalue weighted by atomic mass is 127. The van der Waals surface area contributed by atoms with Crippen LogP contribution in [0.2, 0.25) is 0 Å². The number of hydrogen-bond donors (Lipinski definition) is 0. The lowest BCUT2D eigenvalue weighted by Crippen LogP contribution is -2.03. The number of carbonyl (C=O) groups is 1. The van der Waals surface area contributed by atoms with Crippen LogP contribution < -0.4 is 0 Å². The van der Waals surface area contributed by atoms with Gasteiger partial charge in [-0.15, -0.1) is 0 Å². The number of aryl methyl sites for hydroxylation is 1. The highest BCUT2D eigenvalue weighted by molar-refractivity contribution is 14.1. The van der Waals surface area contributed by atoms with Crippen LogP contribution >= 0.6 is 22.6 Å². The van der Waals surface area contributed by atoms with Crippen LogP contribution in [-0.2, 0) is 6.42 Å². The van der Waals surface area contributed by atoms with Gasteiger partial charge < -0.3 is 4.42 Å². The molecule has 0 aliphatic rings. The molecule has 1 aromatic heterocycles. The van der Waals surface area contributed by atoms with Crippen molar-refractivity contribution in [3.8, 4) is 0 Å². The molecule has 20 heavy (non-hydrogen) atoms. The van der Waals surface area contributed by atoms with Crippen molar-refractivity contribution in [2.45, 2.75) is 13.3 Å². The number of furan rings is 1. The Kier molecular flexibility index (Phi) is 3.61. The highest BCUT2D eigenvalue weighted by Crippen LogP contribution is 2.28. The quantitative estimate of drug-likeness (QED) is 0.484. The Hall–Kier alpha value is -1.62. The summed E-state index contributed by atoms with van der Waals surface area (Å²) in [6, 6.07) is 15.3. The summed E-state index contributed by atoms with van der Waals surface area (Å²) < 4.78 is 6.91. The first-order valence-corrected chi connectivity index (χ1v) is 7.59. The fourth-order valence-corrected chi connectivity index (χ4v) is 2.70. The molecule has 0 unspecified atom stereocenters. The van der Waals surface area contributed by atoms with Gasteiger partial charge in [-0.1, -0.05) is 25.1 Å². The standard InChI is InChI=1S/C17H13IO2/c1-2-14-16(13-5-3-4-6-15(13)20-14)17(19)11-7-9-12(18)10-8-11/h3-10H,2H2,1H3. The number of rotatable bonds is 3. The summed E-state index contributed by atoms with van der Waals surface area (Å²) in [6.07, 6.45) is 0.708. The molecule has 0 aliphatic carbocycles. The first kappa shape index (κ1) is 13.4. The minimum Gasteiger partial charge on any atom is -0.460 e.